The molecular weight excluding hydrogens is 474 g/mol. The fourth-order valence-electron chi connectivity index (χ4n) is 4.88. The molecule has 6 atom stereocenters. The summed E-state index contributed by atoms with van der Waals surface area (Å²) in [7, 11) is 3.12. The summed E-state index contributed by atoms with van der Waals surface area (Å²) in [5.41, 5.74) is 14.9. The van der Waals surface area contributed by atoms with Gasteiger partial charge in [0.05, 0.1) is 18.3 Å². The van der Waals surface area contributed by atoms with Crippen LogP contribution >= 0.6 is 0 Å². The maximum absolute atomic E-state index is 12.8. The zero-order chi connectivity index (χ0) is 27.7. The number of carbonyl (C=O) groups excluding carboxylic acids is 2. The van der Waals surface area contributed by atoms with Crippen molar-refractivity contribution in [1.29, 1.82) is 0 Å². The number of allylic oxidation sites excluding steroid dienone is 1. The smallest absolute Gasteiger partial charge is 0.405 e. The number of hydrogen-bond donors (Lipinski definition) is 4. The molecule has 206 valence electrons. The van der Waals surface area contributed by atoms with Crippen LogP contribution in [0.25, 0.3) is 0 Å². The van der Waals surface area contributed by atoms with Gasteiger partial charge in [0.1, 0.15) is 0 Å². The highest BCUT2D eigenvalue weighted by Gasteiger charge is 2.30. The number of amides is 2. The third-order valence-corrected chi connectivity index (χ3v) is 6.83. The fourth-order valence-corrected chi connectivity index (χ4v) is 4.88. The van der Waals surface area contributed by atoms with Crippen molar-refractivity contribution in [2.24, 2.45) is 17.6 Å². The van der Waals surface area contributed by atoms with E-state index in [-0.39, 0.29) is 17.7 Å². The molecule has 0 fully saturated rings. The van der Waals surface area contributed by atoms with E-state index in [2.05, 4.69) is 12.2 Å². The summed E-state index contributed by atoms with van der Waals surface area (Å²) in [6, 6.07) is 5.55. The topological polar surface area (TPSA) is 146 Å². The molecule has 6 N–H and O–H groups in total. The number of aliphatic hydroxyl groups is 1. The van der Waals surface area contributed by atoms with Gasteiger partial charge < -0.3 is 36.1 Å². The number of anilines is 2. The molecule has 9 heteroatoms. The van der Waals surface area contributed by atoms with E-state index in [9.17, 15) is 14.7 Å². The highest BCUT2D eigenvalue weighted by molar-refractivity contribution is 6.03. The lowest BCUT2D eigenvalue weighted by atomic mass is 9.88. The SMILES string of the molecule is COC1CCC=C(C)C(=O)Nc2cc(N)cc(c2)CC(C)CC(OC)C(O)C(C)C=C(C)C1OC(N)=O. The van der Waals surface area contributed by atoms with Gasteiger partial charge in [-0.1, -0.05) is 26.0 Å². The molecule has 0 saturated carbocycles. The second kappa shape index (κ2) is 14.2. The normalized spacial score (nSPS) is 28.6. The maximum Gasteiger partial charge on any atom is 0.405 e. The Morgan fingerprint density at radius 3 is 2.41 bits per heavy atom. The van der Waals surface area contributed by atoms with Crippen molar-refractivity contribution in [2.45, 2.75) is 77.8 Å². The minimum atomic E-state index is -0.915. The van der Waals surface area contributed by atoms with E-state index in [1.807, 2.05) is 38.1 Å². The summed E-state index contributed by atoms with van der Waals surface area (Å²) in [4.78, 5) is 24.5. The number of ether oxygens (including phenoxy) is 3. The molecule has 1 heterocycles. The van der Waals surface area contributed by atoms with Crippen LogP contribution in [0.15, 0.2) is 41.5 Å². The highest BCUT2D eigenvalue weighted by atomic mass is 16.6. The Morgan fingerprint density at radius 2 is 1.78 bits per heavy atom. The Bertz CT molecular complexity index is 992. The average molecular weight is 518 g/mol. The van der Waals surface area contributed by atoms with Crippen LogP contribution < -0.4 is 16.8 Å². The number of nitrogens with two attached hydrogens (primary N) is 2. The van der Waals surface area contributed by atoms with Crippen molar-refractivity contribution < 1.29 is 28.9 Å². The monoisotopic (exact) mass is 517 g/mol. The van der Waals surface area contributed by atoms with Gasteiger partial charge in [-0.15, -0.1) is 0 Å². The molecule has 1 aliphatic rings. The first kappa shape index (κ1) is 30.3. The molecule has 0 spiro atoms. The van der Waals surface area contributed by atoms with Crippen LogP contribution in [-0.4, -0.2) is 55.7 Å². The van der Waals surface area contributed by atoms with Gasteiger partial charge in [0, 0.05) is 37.1 Å². The molecule has 0 aromatic heterocycles. The van der Waals surface area contributed by atoms with E-state index in [1.165, 1.54) is 7.11 Å². The van der Waals surface area contributed by atoms with Gasteiger partial charge in [0.2, 0.25) is 0 Å². The summed E-state index contributed by atoms with van der Waals surface area (Å²) in [5, 5.41) is 14.0. The largest absolute Gasteiger partial charge is 0.439 e. The predicted octanol–water partition coefficient (Wildman–Crippen LogP) is 3.95. The lowest BCUT2D eigenvalue weighted by molar-refractivity contribution is -0.112. The molecule has 1 aromatic rings. The van der Waals surface area contributed by atoms with E-state index in [0.717, 1.165) is 5.56 Å². The van der Waals surface area contributed by atoms with Crippen molar-refractivity contribution in [3.05, 3.63) is 47.1 Å². The summed E-state index contributed by atoms with van der Waals surface area (Å²) in [6.45, 7) is 7.54. The number of hydrogen-bond acceptors (Lipinski definition) is 7. The van der Waals surface area contributed by atoms with Gasteiger partial charge in [-0.2, -0.15) is 0 Å². The second-order valence-corrected chi connectivity index (χ2v) is 10.1. The van der Waals surface area contributed by atoms with E-state index >= 15 is 0 Å². The number of nitrogens with one attached hydrogen (secondary N) is 1. The van der Waals surface area contributed by atoms with Gasteiger partial charge in [0.25, 0.3) is 5.91 Å². The lowest BCUT2D eigenvalue weighted by Crippen LogP contribution is -2.37. The maximum atomic E-state index is 12.8. The Morgan fingerprint density at radius 1 is 1.11 bits per heavy atom. The molecule has 2 rings (SSSR count). The minimum absolute atomic E-state index is 0.162. The molecule has 6 unspecified atom stereocenters. The lowest BCUT2D eigenvalue weighted by Gasteiger charge is -2.30. The third kappa shape index (κ3) is 9.18. The molecule has 1 aromatic carbocycles. The van der Waals surface area contributed by atoms with Crippen molar-refractivity contribution >= 4 is 23.4 Å². The molecule has 0 aliphatic carbocycles. The Balaban J connectivity index is 2.47. The summed E-state index contributed by atoms with van der Waals surface area (Å²) < 4.78 is 16.8. The van der Waals surface area contributed by atoms with Crippen LogP contribution in [0.3, 0.4) is 0 Å². The van der Waals surface area contributed by atoms with Gasteiger partial charge in [-0.3, -0.25) is 4.79 Å². The number of primary amides is 1. The zero-order valence-corrected chi connectivity index (χ0v) is 22.8. The first-order valence-electron chi connectivity index (χ1n) is 12.7. The number of carbonyl (C=O) groups is 2. The Hall–Kier alpha value is -2.88. The number of methoxy groups -OCH3 is 2. The summed E-state index contributed by atoms with van der Waals surface area (Å²) in [5.74, 6) is -0.359. The van der Waals surface area contributed by atoms with Gasteiger partial charge in [-0.25, -0.2) is 4.79 Å². The van der Waals surface area contributed by atoms with Crippen molar-refractivity contribution in [1.82, 2.24) is 0 Å². The van der Waals surface area contributed by atoms with Gasteiger partial charge in [0.15, 0.2) is 6.10 Å². The minimum Gasteiger partial charge on any atom is -0.439 e. The van der Waals surface area contributed by atoms with E-state index < -0.39 is 30.5 Å². The molecule has 0 radical (unpaired) electrons. The number of aliphatic hydroxyl groups excluding tert-OH is 1. The number of benzene rings is 1. The molecule has 2 bridgehead atoms. The molecule has 1 aliphatic heterocycles. The van der Waals surface area contributed by atoms with Crippen molar-refractivity contribution in [3.63, 3.8) is 0 Å². The second-order valence-electron chi connectivity index (χ2n) is 10.1. The van der Waals surface area contributed by atoms with Gasteiger partial charge in [-0.05, 0) is 74.8 Å². The van der Waals surface area contributed by atoms with Crippen LogP contribution in [0.1, 0.15) is 52.5 Å². The summed E-state index contributed by atoms with van der Waals surface area (Å²) in [6.07, 6.45) is 2.60. The molecule has 2 amide bonds. The third-order valence-electron chi connectivity index (χ3n) is 6.83. The van der Waals surface area contributed by atoms with Crippen molar-refractivity contribution in [2.75, 3.05) is 25.3 Å². The van der Waals surface area contributed by atoms with Crippen LogP contribution in [0.5, 0.6) is 0 Å². The van der Waals surface area contributed by atoms with E-state index in [0.29, 0.717) is 48.2 Å². The molecule has 9 nitrogen and oxygen atoms in total. The summed E-state index contributed by atoms with van der Waals surface area (Å²) >= 11 is 0. The van der Waals surface area contributed by atoms with Crippen LogP contribution in [0.4, 0.5) is 16.2 Å². The van der Waals surface area contributed by atoms with Crippen LogP contribution in [0.2, 0.25) is 0 Å². The first-order chi connectivity index (χ1) is 17.4. The number of fused-ring (bicyclic) bond motifs is 2. The molecule has 0 saturated heterocycles. The first-order valence-corrected chi connectivity index (χ1v) is 12.7. The average Bonchev–Trinajstić information content (AvgIpc) is 2.82. The number of rotatable bonds is 3. The predicted molar refractivity (Wildman–Crippen MR) is 145 cm³/mol. The van der Waals surface area contributed by atoms with Gasteiger partial charge >= 0.3 is 6.09 Å². The standard InChI is InChI=1S/C28H43N3O6/c1-16-10-20-13-21(29)15-22(14-20)31-27(33)17(2)8-7-9-23(35-5)26(37-28(30)34)19(4)12-18(3)25(32)24(11-16)36-6/h8,12-16,18,23-26,32H,7,9-11,29H2,1-6H3,(H2,30,34)(H,31,33). The van der Waals surface area contributed by atoms with Crippen LogP contribution in [-0.2, 0) is 25.4 Å². The fraction of sp³-hybridized carbons (Fsp3) is 0.571. The molecular formula is C28H43N3O6. The number of nitrogen functional groups attached to an aromatic ring is 1. The quantitative estimate of drug-likeness (QED) is 0.351. The highest BCUT2D eigenvalue weighted by Crippen LogP contribution is 2.26. The Kier molecular flexibility index (Phi) is 11.6. The van der Waals surface area contributed by atoms with E-state index in [1.54, 1.807) is 20.1 Å². The Labute approximate surface area is 220 Å². The van der Waals surface area contributed by atoms with E-state index in [4.69, 9.17) is 25.7 Å². The van der Waals surface area contributed by atoms with Crippen LogP contribution in [0, 0.1) is 11.8 Å². The van der Waals surface area contributed by atoms with Crippen molar-refractivity contribution in [3.8, 4) is 0 Å². The zero-order valence-electron chi connectivity index (χ0n) is 22.8. The molecule has 37 heavy (non-hydrogen) atoms.